The van der Waals surface area contributed by atoms with Crippen molar-refractivity contribution in [3.05, 3.63) is 63.6 Å². The molecular weight excluding hydrogens is 370 g/mol. The summed E-state index contributed by atoms with van der Waals surface area (Å²) in [6.45, 7) is 1.50. The number of halogens is 2. The fourth-order valence-electron chi connectivity index (χ4n) is 1.70. The predicted molar refractivity (Wildman–Crippen MR) is 89.1 cm³/mol. The SMILES string of the molecule is CC(OC(=O)c1cc(Br)ccc1Cl)C(=O)Nc1ccccc1. The van der Waals surface area contributed by atoms with E-state index < -0.39 is 18.0 Å². The van der Waals surface area contributed by atoms with Gasteiger partial charge < -0.3 is 10.1 Å². The number of hydrogen-bond acceptors (Lipinski definition) is 3. The lowest BCUT2D eigenvalue weighted by atomic mass is 10.2. The van der Waals surface area contributed by atoms with Gasteiger partial charge >= 0.3 is 5.97 Å². The van der Waals surface area contributed by atoms with E-state index in [-0.39, 0.29) is 10.6 Å². The first-order valence-electron chi connectivity index (χ1n) is 6.49. The van der Waals surface area contributed by atoms with Gasteiger partial charge in [0.25, 0.3) is 5.91 Å². The van der Waals surface area contributed by atoms with E-state index in [0.717, 1.165) is 0 Å². The molecule has 114 valence electrons. The average molecular weight is 383 g/mol. The molecule has 1 atom stereocenters. The third kappa shape index (κ3) is 4.32. The molecule has 0 heterocycles. The Kier molecular flexibility index (Phi) is 5.57. The van der Waals surface area contributed by atoms with E-state index in [1.54, 1.807) is 42.5 Å². The van der Waals surface area contributed by atoms with E-state index in [4.69, 9.17) is 16.3 Å². The minimum absolute atomic E-state index is 0.204. The van der Waals surface area contributed by atoms with Crippen molar-refractivity contribution in [1.29, 1.82) is 0 Å². The van der Waals surface area contributed by atoms with Gasteiger partial charge in [-0.2, -0.15) is 0 Å². The molecule has 0 saturated carbocycles. The highest BCUT2D eigenvalue weighted by atomic mass is 79.9. The van der Waals surface area contributed by atoms with E-state index in [9.17, 15) is 9.59 Å². The number of ether oxygens (including phenoxy) is 1. The van der Waals surface area contributed by atoms with Crippen molar-refractivity contribution in [2.24, 2.45) is 0 Å². The molecule has 0 aliphatic carbocycles. The van der Waals surface area contributed by atoms with Gasteiger partial charge in [-0.05, 0) is 37.3 Å². The molecule has 0 bridgehead atoms. The second kappa shape index (κ2) is 7.42. The van der Waals surface area contributed by atoms with Crippen molar-refractivity contribution in [2.45, 2.75) is 13.0 Å². The summed E-state index contributed by atoms with van der Waals surface area (Å²) in [6.07, 6.45) is -0.942. The monoisotopic (exact) mass is 381 g/mol. The summed E-state index contributed by atoms with van der Waals surface area (Å²) in [6, 6.07) is 13.8. The maximum atomic E-state index is 12.1. The molecule has 0 aromatic heterocycles. The van der Waals surface area contributed by atoms with E-state index >= 15 is 0 Å². The van der Waals surface area contributed by atoms with Crippen LogP contribution in [0.1, 0.15) is 17.3 Å². The number of anilines is 1. The minimum Gasteiger partial charge on any atom is -0.449 e. The maximum Gasteiger partial charge on any atom is 0.340 e. The van der Waals surface area contributed by atoms with Crippen molar-refractivity contribution >= 4 is 45.1 Å². The first-order valence-corrected chi connectivity index (χ1v) is 7.66. The zero-order chi connectivity index (χ0) is 16.1. The Bertz CT molecular complexity index is 691. The van der Waals surface area contributed by atoms with Gasteiger partial charge in [0.05, 0.1) is 10.6 Å². The van der Waals surface area contributed by atoms with Gasteiger partial charge in [-0.1, -0.05) is 45.7 Å². The minimum atomic E-state index is -0.942. The van der Waals surface area contributed by atoms with E-state index in [0.29, 0.717) is 10.2 Å². The third-order valence-corrected chi connectivity index (χ3v) is 3.67. The van der Waals surface area contributed by atoms with Crippen molar-refractivity contribution < 1.29 is 14.3 Å². The smallest absolute Gasteiger partial charge is 0.340 e. The molecule has 0 fully saturated rings. The molecule has 0 radical (unpaired) electrons. The van der Waals surface area contributed by atoms with Crippen molar-refractivity contribution in [3.63, 3.8) is 0 Å². The van der Waals surface area contributed by atoms with Gasteiger partial charge in [0.2, 0.25) is 0 Å². The Morgan fingerprint density at radius 3 is 2.55 bits per heavy atom. The molecule has 1 unspecified atom stereocenters. The van der Waals surface area contributed by atoms with E-state index in [1.165, 1.54) is 6.92 Å². The summed E-state index contributed by atoms with van der Waals surface area (Å²) in [7, 11) is 0. The Morgan fingerprint density at radius 2 is 1.86 bits per heavy atom. The maximum absolute atomic E-state index is 12.1. The van der Waals surface area contributed by atoms with Gasteiger partial charge in [-0.25, -0.2) is 4.79 Å². The Balaban J connectivity index is 2.01. The van der Waals surface area contributed by atoms with Crippen LogP contribution < -0.4 is 5.32 Å². The topological polar surface area (TPSA) is 55.4 Å². The molecule has 4 nitrogen and oxygen atoms in total. The van der Waals surface area contributed by atoms with Crippen LogP contribution in [-0.4, -0.2) is 18.0 Å². The largest absolute Gasteiger partial charge is 0.449 e. The lowest BCUT2D eigenvalue weighted by Crippen LogP contribution is -2.30. The van der Waals surface area contributed by atoms with Crippen LogP contribution in [-0.2, 0) is 9.53 Å². The van der Waals surface area contributed by atoms with Crippen LogP contribution in [0.5, 0.6) is 0 Å². The van der Waals surface area contributed by atoms with Gasteiger partial charge in [0.15, 0.2) is 6.10 Å². The molecule has 22 heavy (non-hydrogen) atoms. The van der Waals surface area contributed by atoms with Gasteiger partial charge in [-0.15, -0.1) is 0 Å². The highest BCUT2D eigenvalue weighted by Crippen LogP contribution is 2.22. The summed E-state index contributed by atoms with van der Waals surface area (Å²) < 4.78 is 5.85. The van der Waals surface area contributed by atoms with Crippen molar-refractivity contribution in [2.75, 3.05) is 5.32 Å². The van der Waals surface area contributed by atoms with Gasteiger partial charge in [-0.3, -0.25) is 4.79 Å². The molecule has 0 saturated heterocycles. The number of benzene rings is 2. The molecule has 2 aromatic rings. The molecule has 0 aliphatic rings. The number of amides is 1. The molecule has 6 heteroatoms. The fourth-order valence-corrected chi connectivity index (χ4v) is 2.25. The third-order valence-electron chi connectivity index (χ3n) is 2.84. The van der Waals surface area contributed by atoms with Crippen LogP contribution in [0.4, 0.5) is 5.69 Å². The number of carbonyl (C=O) groups excluding carboxylic acids is 2. The number of para-hydroxylation sites is 1. The lowest BCUT2D eigenvalue weighted by Gasteiger charge is -2.14. The van der Waals surface area contributed by atoms with Crippen LogP contribution in [0, 0.1) is 0 Å². The van der Waals surface area contributed by atoms with E-state index in [1.807, 2.05) is 6.07 Å². The number of nitrogens with one attached hydrogen (secondary N) is 1. The number of carbonyl (C=O) groups is 2. The first kappa shape index (κ1) is 16.5. The molecule has 2 aromatic carbocycles. The van der Waals surface area contributed by atoms with Crippen LogP contribution in [0.2, 0.25) is 5.02 Å². The Labute approximate surface area is 141 Å². The summed E-state index contributed by atoms with van der Waals surface area (Å²) in [5.41, 5.74) is 0.839. The fraction of sp³-hybridized carbons (Fsp3) is 0.125. The van der Waals surface area contributed by atoms with Crippen LogP contribution >= 0.6 is 27.5 Å². The van der Waals surface area contributed by atoms with Crippen molar-refractivity contribution in [3.8, 4) is 0 Å². The Hall–Kier alpha value is -1.85. The van der Waals surface area contributed by atoms with Crippen LogP contribution in [0.25, 0.3) is 0 Å². The van der Waals surface area contributed by atoms with Crippen LogP contribution in [0.15, 0.2) is 53.0 Å². The predicted octanol–water partition coefficient (Wildman–Crippen LogP) is 4.29. The summed E-state index contributed by atoms with van der Waals surface area (Å²) in [5, 5.41) is 2.93. The van der Waals surface area contributed by atoms with E-state index in [2.05, 4.69) is 21.2 Å². The Morgan fingerprint density at radius 1 is 1.18 bits per heavy atom. The standard InChI is InChI=1S/C16H13BrClNO3/c1-10(15(20)19-12-5-3-2-4-6-12)22-16(21)13-9-11(17)7-8-14(13)18/h2-10H,1H3,(H,19,20). The number of hydrogen-bond donors (Lipinski definition) is 1. The highest BCUT2D eigenvalue weighted by Gasteiger charge is 2.20. The molecular formula is C16H13BrClNO3. The molecule has 0 spiro atoms. The summed E-state index contributed by atoms with van der Waals surface area (Å²) >= 11 is 9.22. The van der Waals surface area contributed by atoms with Crippen molar-refractivity contribution in [1.82, 2.24) is 0 Å². The molecule has 0 aliphatic heterocycles. The number of esters is 1. The molecule has 1 amide bonds. The normalized spacial score (nSPS) is 11.6. The summed E-state index contributed by atoms with van der Waals surface area (Å²) in [5.74, 6) is -1.06. The van der Waals surface area contributed by atoms with Crippen LogP contribution in [0.3, 0.4) is 0 Å². The van der Waals surface area contributed by atoms with Gasteiger partial charge in [0, 0.05) is 10.2 Å². The average Bonchev–Trinajstić information content (AvgIpc) is 2.50. The second-order valence-electron chi connectivity index (χ2n) is 4.53. The van der Waals surface area contributed by atoms with Gasteiger partial charge in [0.1, 0.15) is 0 Å². The first-order chi connectivity index (χ1) is 10.5. The quantitative estimate of drug-likeness (QED) is 0.803. The summed E-state index contributed by atoms with van der Waals surface area (Å²) in [4.78, 5) is 24.1. The number of rotatable bonds is 4. The second-order valence-corrected chi connectivity index (χ2v) is 5.85. The molecule has 1 N–H and O–H groups in total. The highest BCUT2D eigenvalue weighted by molar-refractivity contribution is 9.10. The lowest BCUT2D eigenvalue weighted by molar-refractivity contribution is -0.123. The zero-order valence-corrected chi connectivity index (χ0v) is 14.0. The molecule has 2 rings (SSSR count). The zero-order valence-electron chi connectivity index (χ0n) is 11.7.